The highest BCUT2D eigenvalue weighted by Gasteiger charge is 2.30. The van der Waals surface area contributed by atoms with Gasteiger partial charge in [-0.05, 0) is 36.4 Å². The van der Waals surface area contributed by atoms with Crippen LogP contribution in [0.5, 0.6) is 0 Å². The lowest BCUT2D eigenvalue weighted by Gasteiger charge is -2.07. The van der Waals surface area contributed by atoms with E-state index in [0.29, 0.717) is 31.7 Å². The molecule has 0 N–H and O–H groups in total. The zero-order valence-corrected chi connectivity index (χ0v) is 17.5. The number of halogens is 4. The fourth-order valence-corrected chi connectivity index (χ4v) is 4.23. The SMILES string of the molecule is O=c1c(=Cc2ccc(-c3cccc(C(F)(F)F)c3)o2)sc2nc(-c3cccc(Cl)c3)nn12. The zero-order chi connectivity index (χ0) is 22.5. The van der Waals surface area contributed by atoms with Gasteiger partial charge in [-0.25, -0.2) is 0 Å². The molecular weight excluding hydrogens is 463 g/mol. The minimum atomic E-state index is -4.45. The normalized spacial score (nSPS) is 12.7. The van der Waals surface area contributed by atoms with Crippen LogP contribution in [-0.4, -0.2) is 14.6 Å². The van der Waals surface area contributed by atoms with Gasteiger partial charge in [0.1, 0.15) is 16.1 Å². The fraction of sp³-hybridized carbons (Fsp3) is 0.0455. The Labute approximate surface area is 187 Å². The molecule has 0 amide bonds. The Balaban J connectivity index is 1.49. The zero-order valence-electron chi connectivity index (χ0n) is 15.9. The molecule has 0 atom stereocenters. The second-order valence-corrected chi connectivity index (χ2v) is 8.28. The first-order valence-corrected chi connectivity index (χ1v) is 10.4. The van der Waals surface area contributed by atoms with Crippen molar-refractivity contribution in [2.45, 2.75) is 6.18 Å². The summed E-state index contributed by atoms with van der Waals surface area (Å²) in [6.07, 6.45) is -2.93. The second-order valence-electron chi connectivity index (χ2n) is 6.84. The van der Waals surface area contributed by atoms with E-state index >= 15 is 0 Å². The molecule has 2 aromatic carbocycles. The predicted molar refractivity (Wildman–Crippen MR) is 116 cm³/mol. The summed E-state index contributed by atoms with van der Waals surface area (Å²) in [7, 11) is 0. The molecule has 32 heavy (non-hydrogen) atoms. The van der Waals surface area contributed by atoms with Gasteiger partial charge in [0, 0.05) is 22.2 Å². The van der Waals surface area contributed by atoms with Gasteiger partial charge in [-0.2, -0.15) is 22.7 Å². The summed E-state index contributed by atoms with van der Waals surface area (Å²) in [5.74, 6) is 0.971. The summed E-state index contributed by atoms with van der Waals surface area (Å²) >= 11 is 7.13. The molecule has 0 bridgehead atoms. The molecule has 5 aromatic rings. The van der Waals surface area contributed by atoms with Gasteiger partial charge < -0.3 is 4.42 Å². The van der Waals surface area contributed by atoms with Crippen molar-refractivity contribution in [3.63, 3.8) is 0 Å². The first-order valence-electron chi connectivity index (χ1n) is 9.23. The summed E-state index contributed by atoms with van der Waals surface area (Å²) in [4.78, 5) is 17.5. The summed E-state index contributed by atoms with van der Waals surface area (Å²) in [6.45, 7) is 0. The number of fused-ring (bicyclic) bond motifs is 1. The van der Waals surface area contributed by atoms with Crippen LogP contribution in [-0.2, 0) is 6.18 Å². The van der Waals surface area contributed by atoms with E-state index in [1.54, 1.807) is 36.4 Å². The molecule has 5 rings (SSSR count). The molecule has 0 unspecified atom stereocenters. The maximum absolute atomic E-state index is 13.0. The van der Waals surface area contributed by atoms with Crippen molar-refractivity contribution in [1.29, 1.82) is 0 Å². The van der Waals surface area contributed by atoms with E-state index in [1.807, 2.05) is 0 Å². The Morgan fingerprint density at radius 2 is 1.81 bits per heavy atom. The lowest BCUT2D eigenvalue weighted by molar-refractivity contribution is -0.137. The number of alkyl halides is 3. The van der Waals surface area contributed by atoms with Crippen LogP contribution in [0.15, 0.2) is 69.9 Å². The molecule has 160 valence electrons. The van der Waals surface area contributed by atoms with E-state index in [4.69, 9.17) is 16.0 Å². The third kappa shape index (κ3) is 3.80. The maximum atomic E-state index is 13.0. The van der Waals surface area contributed by atoms with Gasteiger partial charge >= 0.3 is 6.18 Å². The van der Waals surface area contributed by atoms with Crippen molar-refractivity contribution < 1.29 is 17.6 Å². The van der Waals surface area contributed by atoms with Crippen molar-refractivity contribution in [2.24, 2.45) is 0 Å². The summed E-state index contributed by atoms with van der Waals surface area (Å²) < 4.78 is 46.1. The number of furan rings is 1. The Bertz CT molecular complexity index is 1570. The average Bonchev–Trinajstić information content (AvgIpc) is 3.45. The highest BCUT2D eigenvalue weighted by molar-refractivity contribution is 7.15. The van der Waals surface area contributed by atoms with Gasteiger partial charge in [0.05, 0.1) is 5.56 Å². The molecule has 3 heterocycles. The largest absolute Gasteiger partial charge is 0.457 e. The summed E-state index contributed by atoms with van der Waals surface area (Å²) in [6, 6.07) is 15.0. The molecule has 0 aliphatic heterocycles. The predicted octanol–water partition coefficient (Wildman–Crippen LogP) is 5.30. The number of benzene rings is 2. The van der Waals surface area contributed by atoms with E-state index in [-0.39, 0.29) is 16.9 Å². The van der Waals surface area contributed by atoms with Gasteiger partial charge in [0.25, 0.3) is 5.56 Å². The topological polar surface area (TPSA) is 60.4 Å². The van der Waals surface area contributed by atoms with Gasteiger partial charge in [0.2, 0.25) is 4.96 Å². The molecule has 3 aromatic heterocycles. The van der Waals surface area contributed by atoms with Gasteiger partial charge in [-0.3, -0.25) is 4.79 Å². The molecule has 0 radical (unpaired) electrons. The highest BCUT2D eigenvalue weighted by Crippen LogP contribution is 2.32. The minimum Gasteiger partial charge on any atom is -0.457 e. The van der Waals surface area contributed by atoms with Gasteiger partial charge in [-0.15, -0.1) is 5.10 Å². The average molecular weight is 474 g/mol. The van der Waals surface area contributed by atoms with Crippen LogP contribution in [0.1, 0.15) is 11.3 Å². The maximum Gasteiger partial charge on any atom is 0.416 e. The molecule has 0 fully saturated rings. The molecule has 10 heteroatoms. The molecule has 0 saturated carbocycles. The Morgan fingerprint density at radius 1 is 1.03 bits per heavy atom. The molecule has 0 saturated heterocycles. The van der Waals surface area contributed by atoms with Crippen LogP contribution < -0.4 is 10.1 Å². The molecule has 0 aliphatic carbocycles. The summed E-state index contributed by atoms with van der Waals surface area (Å²) in [5.41, 5.74) is -0.159. The van der Waals surface area contributed by atoms with Crippen molar-refractivity contribution >= 4 is 34.0 Å². The number of rotatable bonds is 3. The van der Waals surface area contributed by atoms with Crippen LogP contribution in [0.2, 0.25) is 5.02 Å². The number of hydrogen-bond donors (Lipinski definition) is 0. The van der Waals surface area contributed by atoms with E-state index in [0.717, 1.165) is 23.5 Å². The van der Waals surface area contributed by atoms with Crippen LogP contribution in [0, 0.1) is 0 Å². The lowest BCUT2D eigenvalue weighted by Crippen LogP contribution is -2.23. The summed E-state index contributed by atoms with van der Waals surface area (Å²) in [5, 5.41) is 4.79. The first-order chi connectivity index (χ1) is 15.3. The second kappa shape index (κ2) is 7.61. The first kappa shape index (κ1) is 20.5. The van der Waals surface area contributed by atoms with Gasteiger partial charge in [-0.1, -0.05) is 47.2 Å². The fourth-order valence-electron chi connectivity index (χ4n) is 3.15. The Kier molecular flexibility index (Phi) is 4.87. The number of aromatic nitrogens is 3. The van der Waals surface area contributed by atoms with Gasteiger partial charge in [0.15, 0.2) is 5.82 Å². The third-order valence-corrected chi connectivity index (χ3v) is 5.83. The third-order valence-electron chi connectivity index (χ3n) is 4.64. The highest BCUT2D eigenvalue weighted by atomic mass is 35.5. The van der Waals surface area contributed by atoms with Crippen molar-refractivity contribution in [3.8, 4) is 22.7 Å². The van der Waals surface area contributed by atoms with E-state index in [1.165, 1.54) is 22.7 Å². The van der Waals surface area contributed by atoms with E-state index in [9.17, 15) is 18.0 Å². The van der Waals surface area contributed by atoms with Crippen LogP contribution in [0.4, 0.5) is 13.2 Å². The molecular formula is C22H11ClF3N3O2S. The molecule has 0 spiro atoms. The minimum absolute atomic E-state index is 0.262. The molecule has 0 aliphatic rings. The quantitative estimate of drug-likeness (QED) is 0.357. The monoisotopic (exact) mass is 473 g/mol. The number of nitrogens with zero attached hydrogens (tertiary/aromatic N) is 3. The van der Waals surface area contributed by atoms with Crippen molar-refractivity contribution in [1.82, 2.24) is 14.6 Å². The number of thiazole rings is 1. The van der Waals surface area contributed by atoms with Crippen molar-refractivity contribution in [2.75, 3.05) is 0 Å². The van der Waals surface area contributed by atoms with Crippen molar-refractivity contribution in [3.05, 3.63) is 91.9 Å². The van der Waals surface area contributed by atoms with Crippen LogP contribution >= 0.6 is 22.9 Å². The Hall–Kier alpha value is -3.43. The van der Waals surface area contributed by atoms with Crippen LogP contribution in [0.3, 0.4) is 0 Å². The van der Waals surface area contributed by atoms with Crippen LogP contribution in [0.25, 0.3) is 33.7 Å². The standard InChI is InChI=1S/C22H11ClF3N3O2S/c23-15-6-2-4-13(10-15)19-27-21-29(28-19)20(30)18(32-21)11-16-7-8-17(31-16)12-3-1-5-14(9-12)22(24,25)26/h1-11H. The Morgan fingerprint density at radius 3 is 2.56 bits per heavy atom. The lowest BCUT2D eigenvalue weighted by atomic mass is 10.1. The molecule has 5 nitrogen and oxygen atoms in total. The van der Waals surface area contributed by atoms with E-state index < -0.39 is 11.7 Å². The van der Waals surface area contributed by atoms with E-state index in [2.05, 4.69) is 10.1 Å². The smallest absolute Gasteiger partial charge is 0.416 e. The number of hydrogen-bond acceptors (Lipinski definition) is 5.